The van der Waals surface area contributed by atoms with Crippen molar-refractivity contribution in [2.24, 2.45) is 5.14 Å². The summed E-state index contributed by atoms with van der Waals surface area (Å²) in [6.45, 7) is -1.08. The fraction of sp³-hybridized carbons (Fsp3) is 0.429. The number of benzene rings is 2. The summed E-state index contributed by atoms with van der Waals surface area (Å²) in [6.07, 6.45) is -0.317. The maximum absolute atomic E-state index is 13.5. The number of nitrogens with two attached hydrogens (primary N) is 1. The van der Waals surface area contributed by atoms with E-state index in [1.165, 1.54) is 29.9 Å². The van der Waals surface area contributed by atoms with E-state index in [9.17, 15) is 21.6 Å². The monoisotopic (exact) mass is 577 g/mol. The standard InChI is InChI=1S/C28H34F3N5O3S/c1-35(2)20-11-9-19(10-12-20)34-24-7-4-8-26-23(24)16-21(36(26)18-28(29,30)31)6-5-15-33-25-14-13-22(40(32,37)38)17-27(25)39-3/h4,7-8,13-14,16-17,19-20,33-34H,9-12,15,18H2,1-3H3,(H2,32,37,38)/t19-,20-. The number of halogens is 3. The van der Waals surface area contributed by atoms with Crippen molar-refractivity contribution < 1.29 is 26.3 Å². The maximum Gasteiger partial charge on any atom is 0.406 e. The van der Waals surface area contributed by atoms with Crippen LogP contribution in [0.2, 0.25) is 0 Å². The van der Waals surface area contributed by atoms with Crippen molar-refractivity contribution in [3.8, 4) is 17.6 Å². The first-order chi connectivity index (χ1) is 18.9. The van der Waals surface area contributed by atoms with E-state index in [1.54, 1.807) is 18.2 Å². The van der Waals surface area contributed by atoms with Crippen LogP contribution in [0.3, 0.4) is 0 Å². The number of fused-ring (bicyclic) bond motifs is 1. The van der Waals surface area contributed by atoms with Gasteiger partial charge in [0.25, 0.3) is 0 Å². The van der Waals surface area contributed by atoms with E-state index in [4.69, 9.17) is 9.88 Å². The van der Waals surface area contributed by atoms with E-state index in [2.05, 4.69) is 41.5 Å². The molecule has 8 nitrogen and oxygen atoms in total. The Balaban J connectivity index is 1.57. The van der Waals surface area contributed by atoms with Crippen LogP contribution in [0.5, 0.6) is 5.75 Å². The minimum Gasteiger partial charge on any atom is -0.495 e. The van der Waals surface area contributed by atoms with E-state index in [0.717, 1.165) is 31.4 Å². The van der Waals surface area contributed by atoms with Gasteiger partial charge in [0.05, 0.1) is 35.4 Å². The van der Waals surface area contributed by atoms with Crippen molar-refractivity contribution >= 4 is 32.3 Å². The molecule has 0 bridgehead atoms. The third kappa shape index (κ3) is 7.21. The quantitative estimate of drug-likeness (QED) is 0.338. The summed E-state index contributed by atoms with van der Waals surface area (Å²) in [5.74, 6) is 6.00. The molecular formula is C28H34F3N5O3S. The highest BCUT2D eigenvalue weighted by atomic mass is 32.2. The number of methoxy groups -OCH3 is 1. The lowest BCUT2D eigenvalue weighted by Crippen LogP contribution is -2.36. The molecule has 3 aromatic rings. The maximum atomic E-state index is 13.5. The largest absolute Gasteiger partial charge is 0.495 e. The lowest BCUT2D eigenvalue weighted by atomic mass is 9.90. The number of primary sulfonamides is 1. The predicted octanol–water partition coefficient (Wildman–Crippen LogP) is 4.61. The predicted molar refractivity (Wildman–Crippen MR) is 151 cm³/mol. The van der Waals surface area contributed by atoms with Crippen molar-refractivity contribution in [1.82, 2.24) is 9.47 Å². The van der Waals surface area contributed by atoms with Crippen LogP contribution in [0.25, 0.3) is 10.9 Å². The first kappa shape index (κ1) is 29.6. The smallest absolute Gasteiger partial charge is 0.406 e. The van der Waals surface area contributed by atoms with Gasteiger partial charge in [0.1, 0.15) is 12.3 Å². The van der Waals surface area contributed by atoms with Gasteiger partial charge in [0.15, 0.2) is 0 Å². The Kier molecular flexibility index (Phi) is 8.87. The molecule has 1 heterocycles. The Morgan fingerprint density at radius 1 is 1.10 bits per heavy atom. The average Bonchev–Trinajstić information content (AvgIpc) is 3.23. The molecule has 0 saturated heterocycles. The molecule has 0 spiro atoms. The molecule has 12 heteroatoms. The van der Waals surface area contributed by atoms with Gasteiger partial charge in [-0.05, 0) is 76.0 Å². The minimum absolute atomic E-state index is 0.0822. The summed E-state index contributed by atoms with van der Waals surface area (Å²) in [5.41, 5.74) is 1.97. The lowest BCUT2D eigenvalue weighted by molar-refractivity contribution is -0.140. The van der Waals surface area contributed by atoms with E-state index in [0.29, 0.717) is 22.6 Å². The number of hydrogen-bond donors (Lipinski definition) is 3. The van der Waals surface area contributed by atoms with Crippen LogP contribution in [0.1, 0.15) is 31.4 Å². The number of nitrogens with zero attached hydrogens (tertiary/aromatic N) is 2. The molecule has 216 valence electrons. The molecule has 0 aliphatic heterocycles. The summed E-state index contributed by atoms with van der Waals surface area (Å²) >= 11 is 0. The molecule has 1 aromatic heterocycles. The molecular weight excluding hydrogens is 543 g/mol. The average molecular weight is 578 g/mol. The molecule has 4 rings (SSSR count). The van der Waals surface area contributed by atoms with Crippen molar-refractivity contribution in [3.05, 3.63) is 48.2 Å². The van der Waals surface area contributed by atoms with Crippen LogP contribution in [-0.2, 0) is 16.6 Å². The molecule has 1 saturated carbocycles. The van der Waals surface area contributed by atoms with Crippen LogP contribution < -0.4 is 20.5 Å². The fourth-order valence-electron chi connectivity index (χ4n) is 5.09. The number of nitrogens with one attached hydrogen (secondary N) is 2. The van der Waals surface area contributed by atoms with Crippen molar-refractivity contribution in [2.75, 3.05) is 38.4 Å². The van der Waals surface area contributed by atoms with Crippen LogP contribution >= 0.6 is 0 Å². The molecule has 1 fully saturated rings. The Bertz CT molecular complexity index is 1520. The van der Waals surface area contributed by atoms with Gasteiger partial charge in [0, 0.05) is 29.2 Å². The van der Waals surface area contributed by atoms with Gasteiger partial charge < -0.3 is 24.8 Å². The van der Waals surface area contributed by atoms with Gasteiger partial charge >= 0.3 is 6.18 Å². The van der Waals surface area contributed by atoms with Crippen LogP contribution in [0.15, 0.2) is 47.4 Å². The molecule has 0 amide bonds. The van der Waals surface area contributed by atoms with Crippen molar-refractivity contribution in [1.29, 1.82) is 0 Å². The van der Waals surface area contributed by atoms with E-state index in [-0.39, 0.29) is 28.9 Å². The molecule has 1 aliphatic carbocycles. The zero-order valence-electron chi connectivity index (χ0n) is 22.7. The van der Waals surface area contributed by atoms with Gasteiger partial charge in [-0.2, -0.15) is 13.2 Å². The van der Waals surface area contributed by atoms with Gasteiger partial charge in [-0.25, -0.2) is 13.6 Å². The fourth-order valence-corrected chi connectivity index (χ4v) is 5.62. The molecule has 0 radical (unpaired) electrons. The number of aromatic nitrogens is 1. The van der Waals surface area contributed by atoms with E-state index >= 15 is 0 Å². The molecule has 40 heavy (non-hydrogen) atoms. The van der Waals surface area contributed by atoms with Gasteiger partial charge in [-0.1, -0.05) is 12.0 Å². The molecule has 2 aromatic carbocycles. The molecule has 1 aliphatic rings. The van der Waals surface area contributed by atoms with Gasteiger partial charge in [-0.15, -0.1) is 0 Å². The second-order valence-corrected chi connectivity index (χ2v) is 11.7. The normalized spacial score (nSPS) is 17.9. The zero-order chi connectivity index (χ0) is 29.1. The number of anilines is 2. The Morgan fingerprint density at radius 3 is 2.45 bits per heavy atom. The highest BCUT2D eigenvalue weighted by Gasteiger charge is 2.30. The highest BCUT2D eigenvalue weighted by Crippen LogP contribution is 2.32. The summed E-state index contributed by atoms with van der Waals surface area (Å²) in [5, 5.41) is 12.4. The second-order valence-electron chi connectivity index (χ2n) is 10.1. The first-order valence-electron chi connectivity index (χ1n) is 12.9. The van der Waals surface area contributed by atoms with E-state index < -0.39 is 22.7 Å². The van der Waals surface area contributed by atoms with Crippen LogP contribution in [0.4, 0.5) is 24.5 Å². The van der Waals surface area contributed by atoms with Crippen LogP contribution in [0, 0.1) is 11.8 Å². The highest BCUT2D eigenvalue weighted by molar-refractivity contribution is 7.89. The number of ether oxygens (including phenoxy) is 1. The summed E-state index contributed by atoms with van der Waals surface area (Å²) in [6, 6.07) is 11.9. The Morgan fingerprint density at radius 2 is 1.82 bits per heavy atom. The van der Waals surface area contributed by atoms with Gasteiger partial charge in [-0.3, -0.25) is 0 Å². The Labute approximate surface area is 232 Å². The molecule has 0 unspecified atom stereocenters. The van der Waals surface area contributed by atoms with Crippen molar-refractivity contribution in [2.45, 2.75) is 55.4 Å². The first-order valence-corrected chi connectivity index (χ1v) is 14.5. The number of hydrogen-bond acceptors (Lipinski definition) is 6. The molecule has 4 N–H and O–H groups in total. The third-order valence-electron chi connectivity index (χ3n) is 7.15. The second kappa shape index (κ2) is 12.0. The topological polar surface area (TPSA) is 102 Å². The zero-order valence-corrected chi connectivity index (χ0v) is 23.5. The van der Waals surface area contributed by atoms with Crippen molar-refractivity contribution in [3.63, 3.8) is 0 Å². The van der Waals surface area contributed by atoms with Crippen LogP contribution in [-0.4, -0.2) is 63.9 Å². The summed E-state index contributed by atoms with van der Waals surface area (Å²) < 4.78 is 70.3. The summed E-state index contributed by atoms with van der Waals surface area (Å²) in [4.78, 5) is 2.14. The van der Waals surface area contributed by atoms with Gasteiger partial charge in [0.2, 0.25) is 10.0 Å². The number of sulfonamides is 1. The number of alkyl halides is 3. The molecule has 0 atom stereocenters. The van der Waals surface area contributed by atoms with E-state index in [1.807, 2.05) is 6.07 Å². The number of rotatable bonds is 8. The minimum atomic E-state index is -4.42. The lowest BCUT2D eigenvalue weighted by Gasteiger charge is -2.33. The Hall–Kier alpha value is -3.40. The summed E-state index contributed by atoms with van der Waals surface area (Å²) in [7, 11) is 1.65. The third-order valence-corrected chi connectivity index (χ3v) is 8.07. The SMILES string of the molecule is COc1cc(S(N)(=O)=O)ccc1NCC#Cc1cc2c(N[C@H]3CC[C@H](N(C)C)CC3)cccc2n1CC(F)(F)F.